The Morgan fingerprint density at radius 2 is 1.86 bits per heavy atom. The molecule has 1 aliphatic carbocycles. The Hall–Kier alpha value is -0.710. The molecule has 0 atom stereocenters. The molecule has 0 aromatic carbocycles. The first-order valence-corrected chi connectivity index (χ1v) is 5.57. The van der Waals surface area contributed by atoms with E-state index in [0.29, 0.717) is 0 Å². The normalized spacial score (nSPS) is 17.5. The van der Waals surface area contributed by atoms with Crippen molar-refractivity contribution in [3.05, 3.63) is 0 Å². The van der Waals surface area contributed by atoms with Crippen molar-refractivity contribution in [2.45, 2.75) is 38.1 Å². The molecule has 4 nitrogen and oxygen atoms in total. The summed E-state index contributed by atoms with van der Waals surface area (Å²) >= 11 is 3.76. The quantitative estimate of drug-likeness (QED) is 0.605. The topological polar surface area (TPSA) is 58.2 Å². The first kappa shape index (κ1) is 11.4. The van der Waals surface area contributed by atoms with Crippen LogP contribution in [-0.2, 0) is 4.79 Å². The molecule has 0 radical (unpaired) electrons. The van der Waals surface area contributed by atoms with Crippen LogP contribution in [0.4, 0.5) is 4.79 Å². The zero-order valence-electron chi connectivity index (χ0n) is 8.08. The molecule has 0 spiro atoms. The van der Waals surface area contributed by atoms with E-state index in [1.165, 1.54) is 6.42 Å². The van der Waals surface area contributed by atoms with Crippen LogP contribution < -0.4 is 10.6 Å². The molecule has 3 amide bonds. The second-order valence-electron chi connectivity index (χ2n) is 3.51. The zero-order chi connectivity index (χ0) is 10.4. The van der Waals surface area contributed by atoms with E-state index < -0.39 is 6.03 Å². The van der Waals surface area contributed by atoms with Gasteiger partial charge in [0.1, 0.15) is 0 Å². The van der Waals surface area contributed by atoms with Gasteiger partial charge in [-0.05, 0) is 12.8 Å². The molecule has 0 heterocycles. The third-order valence-electron chi connectivity index (χ3n) is 2.34. The van der Waals surface area contributed by atoms with Crippen molar-refractivity contribution >= 4 is 24.6 Å². The molecule has 0 unspecified atom stereocenters. The molecule has 1 rings (SSSR count). The van der Waals surface area contributed by atoms with E-state index in [1.807, 2.05) is 0 Å². The maximum absolute atomic E-state index is 11.2. The summed E-state index contributed by atoms with van der Waals surface area (Å²) in [5.41, 5.74) is 0. The predicted octanol–water partition coefficient (Wildman–Crippen LogP) is 1.07. The van der Waals surface area contributed by atoms with Gasteiger partial charge in [0.25, 0.3) is 0 Å². The number of urea groups is 1. The van der Waals surface area contributed by atoms with Gasteiger partial charge < -0.3 is 5.32 Å². The monoisotopic (exact) mass is 216 g/mol. The third-order valence-corrected chi connectivity index (χ3v) is 2.62. The minimum Gasteiger partial charge on any atom is -0.335 e. The summed E-state index contributed by atoms with van der Waals surface area (Å²) in [6.45, 7) is 0. The number of carbonyl (C=O) groups is 2. The number of imide groups is 1. The number of hydrogen-bond donors (Lipinski definition) is 3. The van der Waals surface area contributed by atoms with Crippen LogP contribution in [0.2, 0.25) is 0 Å². The van der Waals surface area contributed by atoms with E-state index in [9.17, 15) is 9.59 Å². The van der Waals surface area contributed by atoms with E-state index >= 15 is 0 Å². The minimum absolute atomic E-state index is 0.0398. The lowest BCUT2D eigenvalue weighted by Crippen LogP contribution is -2.45. The van der Waals surface area contributed by atoms with Gasteiger partial charge >= 0.3 is 6.03 Å². The lowest BCUT2D eigenvalue weighted by atomic mass is 9.96. The molecule has 0 saturated heterocycles. The maximum Gasteiger partial charge on any atom is 0.321 e. The summed E-state index contributed by atoms with van der Waals surface area (Å²) in [5, 5.41) is 4.99. The van der Waals surface area contributed by atoms with Gasteiger partial charge in [0.05, 0.1) is 5.75 Å². The standard InChI is InChI=1S/C9H16N2O2S/c12-8(6-14)11-9(13)10-7-4-2-1-3-5-7/h7,14H,1-6H2,(H2,10,11,12,13). The molecule has 1 aliphatic rings. The van der Waals surface area contributed by atoms with Gasteiger partial charge in [-0.25, -0.2) is 4.79 Å². The lowest BCUT2D eigenvalue weighted by Gasteiger charge is -2.22. The Balaban J connectivity index is 2.21. The van der Waals surface area contributed by atoms with E-state index in [4.69, 9.17) is 0 Å². The van der Waals surface area contributed by atoms with Crippen LogP contribution in [0.25, 0.3) is 0 Å². The van der Waals surface area contributed by atoms with Crippen molar-refractivity contribution in [1.82, 2.24) is 10.6 Å². The largest absolute Gasteiger partial charge is 0.335 e. The van der Waals surface area contributed by atoms with Crippen LogP contribution >= 0.6 is 12.6 Å². The Morgan fingerprint density at radius 3 is 2.43 bits per heavy atom. The van der Waals surface area contributed by atoms with Crippen LogP contribution in [0.1, 0.15) is 32.1 Å². The molecule has 14 heavy (non-hydrogen) atoms. The first-order valence-electron chi connectivity index (χ1n) is 4.93. The molecule has 0 bridgehead atoms. The van der Waals surface area contributed by atoms with Crippen molar-refractivity contribution in [2.24, 2.45) is 0 Å². The second-order valence-corrected chi connectivity index (χ2v) is 3.83. The first-order chi connectivity index (χ1) is 6.72. The zero-order valence-corrected chi connectivity index (χ0v) is 8.98. The van der Waals surface area contributed by atoms with Crippen LogP contribution in [0.3, 0.4) is 0 Å². The van der Waals surface area contributed by atoms with Crippen LogP contribution in [0, 0.1) is 0 Å². The summed E-state index contributed by atoms with van der Waals surface area (Å²) in [5.74, 6) is -0.320. The van der Waals surface area contributed by atoms with Gasteiger partial charge in [0.2, 0.25) is 5.91 Å². The van der Waals surface area contributed by atoms with E-state index in [2.05, 4.69) is 23.3 Å². The fraction of sp³-hybridized carbons (Fsp3) is 0.778. The molecular weight excluding hydrogens is 200 g/mol. The van der Waals surface area contributed by atoms with Crippen molar-refractivity contribution in [3.8, 4) is 0 Å². The van der Waals surface area contributed by atoms with Gasteiger partial charge in [0.15, 0.2) is 0 Å². The summed E-state index contributed by atoms with van der Waals surface area (Å²) in [7, 11) is 0. The molecular formula is C9H16N2O2S. The molecule has 1 fully saturated rings. The van der Waals surface area contributed by atoms with Crippen molar-refractivity contribution < 1.29 is 9.59 Å². The summed E-state index contributed by atoms with van der Waals surface area (Å²) in [4.78, 5) is 22.0. The number of nitrogens with one attached hydrogen (secondary N) is 2. The number of thiol groups is 1. The lowest BCUT2D eigenvalue weighted by molar-refractivity contribution is -0.117. The molecule has 0 aliphatic heterocycles. The number of rotatable bonds is 2. The van der Waals surface area contributed by atoms with Crippen LogP contribution in [-0.4, -0.2) is 23.7 Å². The molecule has 5 heteroatoms. The van der Waals surface area contributed by atoms with E-state index in [1.54, 1.807) is 0 Å². The van der Waals surface area contributed by atoms with E-state index in [-0.39, 0.29) is 17.7 Å². The highest BCUT2D eigenvalue weighted by molar-refractivity contribution is 7.81. The summed E-state index contributed by atoms with van der Waals surface area (Å²) in [6, 6.07) is -0.160. The second kappa shape index (κ2) is 5.90. The Morgan fingerprint density at radius 1 is 1.21 bits per heavy atom. The van der Waals surface area contributed by atoms with E-state index in [0.717, 1.165) is 25.7 Å². The van der Waals surface area contributed by atoms with Gasteiger partial charge in [0, 0.05) is 6.04 Å². The van der Waals surface area contributed by atoms with Crippen LogP contribution in [0.5, 0.6) is 0 Å². The number of carbonyl (C=O) groups excluding carboxylic acids is 2. The third kappa shape index (κ3) is 4.00. The summed E-state index contributed by atoms with van der Waals surface area (Å²) < 4.78 is 0. The Labute approximate surface area is 89.2 Å². The molecule has 1 saturated carbocycles. The summed E-state index contributed by atoms with van der Waals surface area (Å²) in [6.07, 6.45) is 5.59. The fourth-order valence-corrected chi connectivity index (χ4v) is 1.71. The SMILES string of the molecule is O=C(CS)NC(=O)NC1CCCCC1. The van der Waals surface area contributed by atoms with Crippen molar-refractivity contribution in [3.63, 3.8) is 0 Å². The van der Waals surface area contributed by atoms with Gasteiger partial charge in [-0.3, -0.25) is 10.1 Å². The smallest absolute Gasteiger partial charge is 0.321 e. The van der Waals surface area contributed by atoms with Gasteiger partial charge in [-0.15, -0.1) is 0 Å². The fourth-order valence-electron chi connectivity index (χ4n) is 1.63. The highest BCUT2D eigenvalue weighted by Crippen LogP contribution is 2.16. The van der Waals surface area contributed by atoms with Crippen LogP contribution in [0.15, 0.2) is 0 Å². The highest BCUT2D eigenvalue weighted by Gasteiger charge is 2.16. The predicted molar refractivity (Wildman–Crippen MR) is 57.4 cm³/mol. The minimum atomic E-state index is -0.393. The highest BCUT2D eigenvalue weighted by atomic mass is 32.1. The number of amides is 3. The molecule has 0 aromatic heterocycles. The Kier molecular flexibility index (Phi) is 4.79. The number of hydrogen-bond acceptors (Lipinski definition) is 3. The average molecular weight is 216 g/mol. The van der Waals surface area contributed by atoms with Gasteiger partial charge in [-0.2, -0.15) is 12.6 Å². The van der Waals surface area contributed by atoms with Crippen molar-refractivity contribution in [2.75, 3.05) is 5.75 Å². The molecule has 80 valence electrons. The van der Waals surface area contributed by atoms with Gasteiger partial charge in [-0.1, -0.05) is 19.3 Å². The maximum atomic E-state index is 11.2. The molecule has 2 N–H and O–H groups in total. The van der Waals surface area contributed by atoms with Crippen molar-refractivity contribution in [1.29, 1.82) is 0 Å². The Bertz CT molecular complexity index is 215. The molecule has 0 aromatic rings. The average Bonchev–Trinajstić information content (AvgIpc) is 2.19.